The summed E-state index contributed by atoms with van der Waals surface area (Å²) in [6, 6.07) is 32.2. The van der Waals surface area contributed by atoms with Crippen molar-refractivity contribution >= 4 is 34.8 Å². The molecule has 4 aromatic carbocycles. The number of para-hydroxylation sites is 1. The van der Waals surface area contributed by atoms with Crippen LogP contribution in [0, 0.1) is 0 Å². The van der Waals surface area contributed by atoms with Crippen molar-refractivity contribution in [2.24, 2.45) is 0 Å². The molecule has 0 unspecified atom stereocenters. The quantitative estimate of drug-likeness (QED) is 0.111. The maximum Gasteiger partial charge on any atom is 0.408 e. The van der Waals surface area contributed by atoms with Gasteiger partial charge in [-0.2, -0.15) is 0 Å². The van der Waals surface area contributed by atoms with E-state index in [1.807, 2.05) is 78.9 Å². The standard InChI is InChI=1S/C37H35N3O7/c41-34(45-23-26-12-4-1-5-13-26)21-33(36(43)46-24-27-14-6-2-7-15-27)39-35(42)32(20-29-22-38-31-19-11-10-18-30(29)31)40-37(44)47-25-28-16-8-3-9-17-28/h1-19,22,32-33,38H,20-21,23-25H2,(H,39,42)(H,40,44)/t32-,33-/m0/s1. The van der Waals surface area contributed by atoms with Crippen LogP contribution in [0.2, 0.25) is 0 Å². The molecule has 5 rings (SSSR count). The Kier molecular flexibility index (Phi) is 11.4. The van der Waals surface area contributed by atoms with E-state index in [9.17, 15) is 19.2 Å². The topological polar surface area (TPSA) is 136 Å². The van der Waals surface area contributed by atoms with Crippen molar-refractivity contribution in [3.8, 4) is 0 Å². The molecule has 3 N–H and O–H groups in total. The maximum atomic E-state index is 13.8. The molecule has 0 fully saturated rings. The van der Waals surface area contributed by atoms with Crippen LogP contribution in [0.1, 0.15) is 28.7 Å². The molecule has 0 bridgehead atoms. The Hall–Kier alpha value is -5.90. The van der Waals surface area contributed by atoms with Crippen LogP contribution in [0.4, 0.5) is 4.79 Å². The summed E-state index contributed by atoms with van der Waals surface area (Å²) >= 11 is 0. The zero-order valence-corrected chi connectivity index (χ0v) is 25.6. The monoisotopic (exact) mass is 633 g/mol. The van der Waals surface area contributed by atoms with E-state index in [1.165, 1.54) is 0 Å². The number of fused-ring (bicyclic) bond motifs is 1. The van der Waals surface area contributed by atoms with E-state index in [-0.39, 0.29) is 26.2 Å². The molecule has 0 spiro atoms. The van der Waals surface area contributed by atoms with Crippen molar-refractivity contribution in [1.82, 2.24) is 15.6 Å². The number of carbonyl (C=O) groups excluding carboxylic acids is 4. The predicted molar refractivity (Wildman–Crippen MR) is 175 cm³/mol. The highest BCUT2D eigenvalue weighted by molar-refractivity contribution is 5.92. The van der Waals surface area contributed by atoms with E-state index in [0.29, 0.717) is 0 Å². The number of alkyl carbamates (subject to hydrolysis) is 1. The predicted octanol–water partition coefficient (Wildman–Crippen LogP) is 5.37. The number of amides is 2. The molecule has 2 atom stereocenters. The molecule has 0 radical (unpaired) electrons. The zero-order valence-electron chi connectivity index (χ0n) is 25.6. The van der Waals surface area contributed by atoms with Gasteiger partial charge in [-0.15, -0.1) is 0 Å². The maximum absolute atomic E-state index is 13.8. The molecule has 240 valence electrons. The van der Waals surface area contributed by atoms with Crippen LogP contribution >= 0.6 is 0 Å². The molecular weight excluding hydrogens is 598 g/mol. The van der Waals surface area contributed by atoms with Crippen molar-refractivity contribution < 1.29 is 33.4 Å². The van der Waals surface area contributed by atoms with Crippen molar-refractivity contribution in [2.75, 3.05) is 0 Å². The van der Waals surface area contributed by atoms with Gasteiger partial charge in [0.25, 0.3) is 0 Å². The molecule has 2 amide bonds. The largest absolute Gasteiger partial charge is 0.461 e. The Balaban J connectivity index is 1.31. The van der Waals surface area contributed by atoms with E-state index in [0.717, 1.165) is 33.2 Å². The smallest absolute Gasteiger partial charge is 0.408 e. The van der Waals surface area contributed by atoms with Gasteiger partial charge >= 0.3 is 18.0 Å². The highest BCUT2D eigenvalue weighted by Gasteiger charge is 2.31. The van der Waals surface area contributed by atoms with Gasteiger partial charge in [0.15, 0.2) is 0 Å². The van der Waals surface area contributed by atoms with Crippen molar-refractivity contribution in [3.05, 3.63) is 144 Å². The first-order valence-corrected chi connectivity index (χ1v) is 15.2. The minimum absolute atomic E-state index is 0.00258. The molecule has 0 aliphatic heterocycles. The summed E-state index contributed by atoms with van der Waals surface area (Å²) < 4.78 is 16.3. The third kappa shape index (κ3) is 9.79. The molecule has 1 aromatic heterocycles. The molecule has 10 nitrogen and oxygen atoms in total. The molecule has 0 aliphatic rings. The second-order valence-corrected chi connectivity index (χ2v) is 10.8. The van der Waals surface area contributed by atoms with Crippen molar-refractivity contribution in [1.29, 1.82) is 0 Å². The highest BCUT2D eigenvalue weighted by atomic mass is 16.6. The summed E-state index contributed by atoms with van der Waals surface area (Å²) in [7, 11) is 0. The molecule has 1 heterocycles. The lowest BCUT2D eigenvalue weighted by Gasteiger charge is -2.22. The number of hydrogen-bond donors (Lipinski definition) is 3. The van der Waals surface area contributed by atoms with Gasteiger partial charge in [0.2, 0.25) is 5.91 Å². The van der Waals surface area contributed by atoms with E-state index in [2.05, 4.69) is 15.6 Å². The lowest BCUT2D eigenvalue weighted by atomic mass is 10.0. The number of ether oxygens (including phenoxy) is 3. The van der Waals surface area contributed by atoms with Crippen LogP contribution in [0.3, 0.4) is 0 Å². The Morgan fingerprint density at radius 2 is 1.13 bits per heavy atom. The summed E-state index contributed by atoms with van der Waals surface area (Å²) in [5.74, 6) is -2.24. The van der Waals surface area contributed by atoms with Gasteiger partial charge in [0.1, 0.15) is 31.9 Å². The van der Waals surface area contributed by atoms with E-state index in [4.69, 9.17) is 14.2 Å². The van der Waals surface area contributed by atoms with Crippen LogP contribution in [-0.4, -0.2) is 41.0 Å². The normalized spacial score (nSPS) is 12.0. The number of nitrogens with one attached hydrogen (secondary N) is 3. The summed E-state index contributed by atoms with van der Waals surface area (Å²) in [4.78, 5) is 56.1. The van der Waals surface area contributed by atoms with Crippen molar-refractivity contribution in [3.63, 3.8) is 0 Å². The highest BCUT2D eigenvalue weighted by Crippen LogP contribution is 2.19. The number of esters is 2. The molecule has 0 saturated heterocycles. The SMILES string of the molecule is O=C(C[C@H](NC(=O)[C@H](Cc1c[nH]c2ccccc12)NC(=O)OCc1ccccc1)C(=O)OCc1ccccc1)OCc1ccccc1. The first-order valence-electron chi connectivity index (χ1n) is 15.2. The first-order chi connectivity index (χ1) is 22.9. The second kappa shape index (κ2) is 16.4. The summed E-state index contributed by atoms with van der Waals surface area (Å²) in [5.41, 5.74) is 3.89. The van der Waals surface area contributed by atoms with E-state index >= 15 is 0 Å². The fourth-order valence-corrected chi connectivity index (χ4v) is 4.90. The molecule has 0 saturated carbocycles. The number of H-pyrrole nitrogens is 1. The molecule has 0 aliphatic carbocycles. The Morgan fingerprint density at radius 3 is 1.74 bits per heavy atom. The van der Waals surface area contributed by atoms with Crippen LogP contribution < -0.4 is 10.6 Å². The van der Waals surface area contributed by atoms with Crippen LogP contribution in [0.5, 0.6) is 0 Å². The summed E-state index contributed by atoms with van der Waals surface area (Å²) in [6.45, 7) is -0.0683. The fraction of sp³-hybridized carbons (Fsp3) is 0.189. The lowest BCUT2D eigenvalue weighted by Crippen LogP contribution is -2.53. The zero-order chi connectivity index (χ0) is 32.8. The van der Waals surface area contributed by atoms with Gasteiger partial charge in [-0.05, 0) is 28.3 Å². The lowest BCUT2D eigenvalue weighted by molar-refractivity contribution is -0.155. The fourth-order valence-electron chi connectivity index (χ4n) is 4.90. The average molecular weight is 634 g/mol. The van der Waals surface area contributed by atoms with Gasteiger partial charge < -0.3 is 29.8 Å². The first kappa shape index (κ1) is 32.5. The summed E-state index contributed by atoms with van der Waals surface area (Å²) in [5, 5.41) is 6.13. The Labute approximate surface area is 272 Å². The number of aromatic nitrogens is 1. The average Bonchev–Trinajstić information content (AvgIpc) is 3.52. The minimum Gasteiger partial charge on any atom is -0.461 e. The number of hydrogen-bond acceptors (Lipinski definition) is 7. The molecule has 10 heteroatoms. The third-order valence-electron chi connectivity index (χ3n) is 7.36. The van der Waals surface area contributed by atoms with E-state index < -0.39 is 42.4 Å². The van der Waals surface area contributed by atoms with Gasteiger partial charge in [-0.1, -0.05) is 109 Å². The number of rotatable bonds is 14. The number of benzene rings is 4. The van der Waals surface area contributed by atoms with Crippen LogP contribution in [-0.2, 0) is 54.8 Å². The van der Waals surface area contributed by atoms with Gasteiger partial charge in [-0.25, -0.2) is 9.59 Å². The molecule has 47 heavy (non-hydrogen) atoms. The minimum atomic E-state index is -1.39. The van der Waals surface area contributed by atoms with E-state index in [1.54, 1.807) is 42.6 Å². The molecule has 5 aromatic rings. The number of aromatic amines is 1. The van der Waals surface area contributed by atoms with Gasteiger partial charge in [-0.3, -0.25) is 9.59 Å². The summed E-state index contributed by atoms with van der Waals surface area (Å²) in [6.07, 6.45) is 0.527. The Morgan fingerprint density at radius 1 is 0.596 bits per heavy atom. The number of carbonyl (C=O) groups is 4. The van der Waals surface area contributed by atoms with Crippen molar-refractivity contribution in [2.45, 2.75) is 44.7 Å². The van der Waals surface area contributed by atoms with Gasteiger partial charge in [0, 0.05) is 23.5 Å². The second-order valence-electron chi connectivity index (χ2n) is 10.8. The van der Waals surface area contributed by atoms with Gasteiger partial charge in [0.05, 0.1) is 6.42 Å². The third-order valence-corrected chi connectivity index (χ3v) is 7.36. The molecular formula is C37H35N3O7. The Bertz CT molecular complexity index is 1780. The van der Waals surface area contributed by atoms with Crippen LogP contribution in [0.15, 0.2) is 121 Å². The van der Waals surface area contributed by atoms with Crippen LogP contribution in [0.25, 0.3) is 10.9 Å².